The Morgan fingerprint density at radius 1 is 1.07 bits per heavy atom. The van der Waals surface area contributed by atoms with Crippen LogP contribution in [-0.4, -0.2) is 27.9 Å². The van der Waals surface area contributed by atoms with Gasteiger partial charge < -0.3 is 15.4 Å². The minimum Gasteiger partial charge on any atom is -0.496 e. The summed E-state index contributed by atoms with van der Waals surface area (Å²) in [6.45, 7) is 3.88. The van der Waals surface area contributed by atoms with Crippen LogP contribution < -0.4 is 15.4 Å². The molecular formula is C20H22BrN5O2. The summed E-state index contributed by atoms with van der Waals surface area (Å²) in [6, 6.07) is 13.0. The third kappa shape index (κ3) is 4.69. The predicted molar refractivity (Wildman–Crippen MR) is 111 cm³/mol. The van der Waals surface area contributed by atoms with Crippen molar-refractivity contribution < 1.29 is 9.53 Å². The quantitative estimate of drug-likeness (QED) is 0.599. The number of methoxy groups -OCH3 is 1. The van der Waals surface area contributed by atoms with Gasteiger partial charge in [0.25, 0.3) is 0 Å². The average Bonchev–Trinajstić information content (AvgIpc) is 3.22. The van der Waals surface area contributed by atoms with Crippen molar-refractivity contribution in [2.75, 3.05) is 7.11 Å². The molecule has 0 aliphatic heterocycles. The first kappa shape index (κ1) is 19.9. The molecule has 7 nitrogen and oxygen atoms in total. The van der Waals surface area contributed by atoms with Crippen LogP contribution in [0.3, 0.4) is 0 Å². The van der Waals surface area contributed by atoms with Crippen molar-refractivity contribution in [1.29, 1.82) is 0 Å². The Hall–Kier alpha value is -2.87. The molecular weight excluding hydrogens is 422 g/mol. The molecule has 0 fully saturated rings. The number of ether oxygens (including phenoxy) is 1. The van der Waals surface area contributed by atoms with Gasteiger partial charge in [0, 0.05) is 0 Å². The van der Waals surface area contributed by atoms with Crippen LogP contribution in [0.1, 0.15) is 37.1 Å². The number of carbonyl (C=O) groups excluding carboxylic acids is 1. The fraction of sp³-hybridized carbons (Fsp3) is 0.250. The summed E-state index contributed by atoms with van der Waals surface area (Å²) in [5.41, 5.74) is 2.89. The van der Waals surface area contributed by atoms with Crippen LogP contribution in [0.2, 0.25) is 0 Å². The standard InChI is InChI=1S/C20H22BrN5O2/c1-13(15-4-7-17(8-5-15)26-12-22-11-23-26)24-20(27)25-14(2)16-6-9-19(28-3)18(21)10-16/h4-14H,1-3H3,(H2,24,25,27). The molecule has 2 unspecified atom stereocenters. The molecule has 3 aromatic rings. The maximum absolute atomic E-state index is 12.4. The van der Waals surface area contributed by atoms with Gasteiger partial charge in [0.15, 0.2) is 0 Å². The van der Waals surface area contributed by atoms with E-state index in [2.05, 4.69) is 36.6 Å². The first-order chi connectivity index (χ1) is 13.5. The van der Waals surface area contributed by atoms with E-state index < -0.39 is 0 Å². The minimum absolute atomic E-state index is 0.139. The molecule has 3 rings (SSSR count). The van der Waals surface area contributed by atoms with E-state index in [-0.39, 0.29) is 18.1 Å². The molecule has 0 saturated heterocycles. The van der Waals surface area contributed by atoms with E-state index >= 15 is 0 Å². The smallest absolute Gasteiger partial charge is 0.315 e. The number of rotatable bonds is 6. The minimum atomic E-state index is -0.229. The summed E-state index contributed by atoms with van der Waals surface area (Å²) in [5.74, 6) is 0.753. The number of halogens is 1. The zero-order valence-electron chi connectivity index (χ0n) is 15.9. The molecule has 2 aromatic carbocycles. The van der Waals surface area contributed by atoms with E-state index in [0.717, 1.165) is 27.0 Å². The fourth-order valence-electron chi connectivity index (χ4n) is 2.81. The maximum Gasteiger partial charge on any atom is 0.315 e. The van der Waals surface area contributed by atoms with Gasteiger partial charge in [0.05, 0.1) is 29.4 Å². The molecule has 0 aliphatic rings. The van der Waals surface area contributed by atoms with Crippen molar-refractivity contribution in [3.63, 3.8) is 0 Å². The van der Waals surface area contributed by atoms with Crippen molar-refractivity contribution >= 4 is 22.0 Å². The molecule has 0 spiro atoms. The van der Waals surface area contributed by atoms with E-state index in [4.69, 9.17) is 4.74 Å². The van der Waals surface area contributed by atoms with Crippen LogP contribution in [0, 0.1) is 0 Å². The number of nitrogens with zero attached hydrogens (tertiary/aromatic N) is 3. The Kier molecular flexibility index (Phi) is 6.30. The topological polar surface area (TPSA) is 81.1 Å². The normalized spacial score (nSPS) is 12.9. The molecule has 1 heterocycles. The number of aromatic nitrogens is 3. The molecule has 0 saturated carbocycles. The number of hydrogen-bond donors (Lipinski definition) is 2. The first-order valence-corrected chi connectivity index (χ1v) is 9.62. The zero-order chi connectivity index (χ0) is 20.1. The van der Waals surface area contributed by atoms with Crippen molar-refractivity contribution in [1.82, 2.24) is 25.4 Å². The molecule has 146 valence electrons. The van der Waals surface area contributed by atoms with Crippen molar-refractivity contribution in [3.8, 4) is 11.4 Å². The monoisotopic (exact) mass is 443 g/mol. The van der Waals surface area contributed by atoms with Crippen molar-refractivity contribution in [2.45, 2.75) is 25.9 Å². The van der Waals surface area contributed by atoms with Gasteiger partial charge in [-0.25, -0.2) is 14.5 Å². The van der Waals surface area contributed by atoms with Gasteiger partial charge in [0.1, 0.15) is 18.4 Å². The lowest BCUT2D eigenvalue weighted by Crippen LogP contribution is -2.38. The molecule has 8 heteroatoms. The molecule has 1 aromatic heterocycles. The average molecular weight is 444 g/mol. The Balaban J connectivity index is 1.58. The highest BCUT2D eigenvalue weighted by atomic mass is 79.9. The number of urea groups is 1. The van der Waals surface area contributed by atoms with Gasteiger partial charge in [-0.1, -0.05) is 18.2 Å². The van der Waals surface area contributed by atoms with Gasteiger partial charge in [0.2, 0.25) is 0 Å². The first-order valence-electron chi connectivity index (χ1n) is 8.83. The SMILES string of the molecule is COc1ccc(C(C)NC(=O)NC(C)c2ccc(-n3cncn3)cc2)cc1Br. The Bertz CT molecular complexity index is 928. The number of hydrogen-bond acceptors (Lipinski definition) is 4. The molecule has 0 radical (unpaired) electrons. The summed E-state index contributed by atoms with van der Waals surface area (Å²) in [5, 5.41) is 10.0. The van der Waals surface area contributed by atoms with E-state index in [0.29, 0.717) is 0 Å². The molecule has 28 heavy (non-hydrogen) atoms. The van der Waals surface area contributed by atoms with Crippen molar-refractivity contribution in [2.24, 2.45) is 0 Å². The van der Waals surface area contributed by atoms with Crippen LogP contribution in [0.5, 0.6) is 5.75 Å². The van der Waals surface area contributed by atoms with Gasteiger partial charge in [-0.05, 0) is 65.2 Å². The highest BCUT2D eigenvalue weighted by Crippen LogP contribution is 2.28. The largest absolute Gasteiger partial charge is 0.496 e. The van der Waals surface area contributed by atoms with Gasteiger partial charge in [-0.15, -0.1) is 0 Å². The van der Waals surface area contributed by atoms with Crippen LogP contribution in [0.25, 0.3) is 5.69 Å². The second-order valence-corrected chi connectivity index (χ2v) is 7.24. The van der Waals surface area contributed by atoms with Gasteiger partial charge >= 0.3 is 6.03 Å². The molecule has 0 bridgehead atoms. The Labute approximate surface area is 172 Å². The Morgan fingerprint density at radius 2 is 1.71 bits per heavy atom. The second kappa shape index (κ2) is 8.88. The van der Waals surface area contributed by atoms with E-state index in [1.807, 2.05) is 56.3 Å². The number of amides is 2. The predicted octanol–water partition coefficient (Wildman–Crippen LogP) is 4.16. The lowest BCUT2D eigenvalue weighted by molar-refractivity contribution is 0.235. The van der Waals surface area contributed by atoms with Crippen molar-refractivity contribution in [3.05, 3.63) is 70.7 Å². The fourth-order valence-corrected chi connectivity index (χ4v) is 3.37. The summed E-state index contributed by atoms with van der Waals surface area (Å²) in [4.78, 5) is 16.3. The summed E-state index contributed by atoms with van der Waals surface area (Å²) in [6.07, 6.45) is 3.13. The van der Waals surface area contributed by atoms with Crippen LogP contribution >= 0.6 is 15.9 Å². The summed E-state index contributed by atoms with van der Waals surface area (Å²) < 4.78 is 7.77. The summed E-state index contributed by atoms with van der Waals surface area (Å²) >= 11 is 3.47. The van der Waals surface area contributed by atoms with E-state index in [9.17, 15) is 4.79 Å². The molecule has 2 N–H and O–H groups in total. The highest BCUT2D eigenvalue weighted by molar-refractivity contribution is 9.10. The number of carbonyl (C=O) groups is 1. The van der Waals surface area contributed by atoms with Gasteiger partial charge in [-0.3, -0.25) is 0 Å². The lowest BCUT2D eigenvalue weighted by atomic mass is 10.1. The molecule has 2 amide bonds. The second-order valence-electron chi connectivity index (χ2n) is 6.39. The van der Waals surface area contributed by atoms with Gasteiger partial charge in [-0.2, -0.15) is 5.10 Å². The molecule has 2 atom stereocenters. The van der Waals surface area contributed by atoms with E-state index in [1.165, 1.54) is 6.33 Å². The zero-order valence-corrected chi connectivity index (χ0v) is 17.5. The van der Waals surface area contributed by atoms with Crippen LogP contribution in [0.15, 0.2) is 59.6 Å². The highest BCUT2D eigenvalue weighted by Gasteiger charge is 2.14. The third-order valence-corrected chi connectivity index (χ3v) is 5.07. The Morgan fingerprint density at radius 3 is 2.29 bits per heavy atom. The maximum atomic E-state index is 12.4. The third-order valence-electron chi connectivity index (χ3n) is 4.45. The number of nitrogens with one attached hydrogen (secondary N) is 2. The summed E-state index contributed by atoms with van der Waals surface area (Å²) in [7, 11) is 1.62. The van der Waals surface area contributed by atoms with E-state index in [1.54, 1.807) is 18.1 Å². The molecule has 0 aliphatic carbocycles. The number of benzene rings is 2. The van der Waals surface area contributed by atoms with Crippen LogP contribution in [0.4, 0.5) is 4.79 Å². The lowest BCUT2D eigenvalue weighted by Gasteiger charge is -2.19. The van der Waals surface area contributed by atoms with Crippen LogP contribution in [-0.2, 0) is 0 Å².